The highest BCUT2D eigenvalue weighted by molar-refractivity contribution is 7.89. The first kappa shape index (κ1) is 24.2. The van der Waals surface area contributed by atoms with Gasteiger partial charge in [0.2, 0.25) is 10.0 Å². The van der Waals surface area contributed by atoms with Crippen molar-refractivity contribution in [3.8, 4) is 11.5 Å². The molecule has 2 heterocycles. The number of benzene rings is 1. The molecule has 1 aromatic carbocycles. The first-order valence-corrected chi connectivity index (χ1v) is 13.8. The molecular formula is C20H33N3O6S2. The summed E-state index contributed by atoms with van der Waals surface area (Å²) in [4.78, 5) is 0.114. The van der Waals surface area contributed by atoms with E-state index in [1.54, 1.807) is 10.4 Å². The number of hydrogen-bond acceptors (Lipinski definition) is 6. The molecule has 0 N–H and O–H groups in total. The second-order valence-corrected chi connectivity index (χ2v) is 11.5. The molecule has 9 nitrogen and oxygen atoms in total. The van der Waals surface area contributed by atoms with E-state index in [0.717, 1.165) is 25.7 Å². The van der Waals surface area contributed by atoms with Crippen LogP contribution in [0.5, 0.6) is 11.5 Å². The Morgan fingerprint density at radius 1 is 0.710 bits per heavy atom. The average molecular weight is 476 g/mol. The summed E-state index contributed by atoms with van der Waals surface area (Å²) in [6.07, 6.45) is 3.83. The van der Waals surface area contributed by atoms with E-state index >= 15 is 0 Å². The summed E-state index contributed by atoms with van der Waals surface area (Å²) in [7, 11) is -7.33. The molecule has 2 fully saturated rings. The number of ether oxygens (including phenoxy) is 2. The molecule has 0 saturated carbocycles. The van der Waals surface area contributed by atoms with Gasteiger partial charge in [-0.25, -0.2) is 8.42 Å². The van der Waals surface area contributed by atoms with Crippen LogP contribution in [-0.4, -0.2) is 82.2 Å². The number of nitrogens with zero attached hydrogens (tertiary/aromatic N) is 3. The number of hydrogen-bond donors (Lipinski definition) is 0. The lowest BCUT2D eigenvalue weighted by molar-refractivity contribution is 0.254. The number of piperazine rings is 1. The molecule has 11 heteroatoms. The summed E-state index contributed by atoms with van der Waals surface area (Å²) in [5.41, 5.74) is 0. The summed E-state index contributed by atoms with van der Waals surface area (Å²) >= 11 is 0. The van der Waals surface area contributed by atoms with Crippen LogP contribution in [0.15, 0.2) is 23.1 Å². The van der Waals surface area contributed by atoms with Crippen LogP contribution in [0.2, 0.25) is 0 Å². The minimum absolute atomic E-state index is 0.114. The Kier molecular flexibility index (Phi) is 8.19. The Morgan fingerprint density at radius 2 is 1.23 bits per heavy atom. The summed E-state index contributed by atoms with van der Waals surface area (Å²) < 4.78 is 67.7. The van der Waals surface area contributed by atoms with Gasteiger partial charge >= 0.3 is 0 Å². The normalized spacial score (nSPS) is 20.3. The Balaban J connectivity index is 1.71. The maximum Gasteiger partial charge on any atom is 0.282 e. The highest BCUT2D eigenvalue weighted by atomic mass is 32.2. The Labute approximate surface area is 186 Å². The maximum absolute atomic E-state index is 13.2. The molecule has 0 bridgehead atoms. The van der Waals surface area contributed by atoms with Crippen LogP contribution in [0.4, 0.5) is 0 Å². The van der Waals surface area contributed by atoms with Crippen molar-refractivity contribution in [3.05, 3.63) is 18.2 Å². The van der Waals surface area contributed by atoms with E-state index in [-0.39, 0.29) is 31.1 Å². The number of rotatable bonds is 8. The molecule has 0 aliphatic carbocycles. The largest absolute Gasteiger partial charge is 0.490 e. The molecular weight excluding hydrogens is 442 g/mol. The predicted molar refractivity (Wildman–Crippen MR) is 118 cm³/mol. The second-order valence-electron chi connectivity index (χ2n) is 7.60. The molecule has 0 aromatic heterocycles. The molecule has 3 rings (SSSR count). The van der Waals surface area contributed by atoms with E-state index in [1.165, 1.54) is 20.7 Å². The topological polar surface area (TPSA) is 96.5 Å². The van der Waals surface area contributed by atoms with Crippen LogP contribution in [0, 0.1) is 0 Å². The molecule has 2 aliphatic rings. The van der Waals surface area contributed by atoms with Gasteiger partial charge in [0.25, 0.3) is 10.2 Å². The molecule has 0 radical (unpaired) electrons. The second kappa shape index (κ2) is 10.5. The molecule has 31 heavy (non-hydrogen) atoms. The van der Waals surface area contributed by atoms with Crippen molar-refractivity contribution in [2.24, 2.45) is 0 Å². The Bertz CT molecular complexity index is 936. The Morgan fingerprint density at radius 3 is 1.81 bits per heavy atom. The maximum atomic E-state index is 13.2. The zero-order valence-corrected chi connectivity index (χ0v) is 20.0. The van der Waals surface area contributed by atoms with Crippen molar-refractivity contribution >= 4 is 20.2 Å². The average Bonchev–Trinajstić information content (AvgIpc) is 3.05. The van der Waals surface area contributed by atoms with Crippen LogP contribution in [0.3, 0.4) is 0 Å². The van der Waals surface area contributed by atoms with E-state index in [0.29, 0.717) is 37.8 Å². The van der Waals surface area contributed by atoms with Crippen LogP contribution in [0.1, 0.15) is 39.5 Å². The van der Waals surface area contributed by atoms with Crippen molar-refractivity contribution in [1.82, 2.24) is 12.9 Å². The molecule has 2 aliphatic heterocycles. The lowest BCUT2D eigenvalue weighted by Crippen LogP contribution is -2.54. The highest BCUT2D eigenvalue weighted by Crippen LogP contribution is 2.32. The predicted octanol–water partition coefficient (Wildman–Crippen LogP) is 1.91. The minimum Gasteiger partial charge on any atom is -0.490 e. The minimum atomic E-state index is -3.77. The monoisotopic (exact) mass is 475 g/mol. The van der Waals surface area contributed by atoms with Gasteiger partial charge in [0.1, 0.15) is 0 Å². The van der Waals surface area contributed by atoms with Gasteiger partial charge in [0.05, 0.1) is 18.1 Å². The third kappa shape index (κ3) is 5.51. The first-order chi connectivity index (χ1) is 14.8. The van der Waals surface area contributed by atoms with Gasteiger partial charge in [-0.2, -0.15) is 21.3 Å². The van der Waals surface area contributed by atoms with Gasteiger partial charge in [-0.1, -0.05) is 12.8 Å². The lowest BCUT2D eigenvalue weighted by atomic mass is 10.2. The summed E-state index contributed by atoms with van der Waals surface area (Å²) in [6.45, 7) is 6.09. The molecule has 0 amide bonds. The SMILES string of the molecule is CCOc1ccc(S(=O)(=O)N2CCN(S(=O)(=O)N3CCCCCC3)CC2)cc1OCC. The van der Waals surface area contributed by atoms with Gasteiger partial charge in [-0.05, 0) is 38.8 Å². The standard InChI is InChI=1S/C20H33N3O6S2/c1-3-28-19-10-9-18(17-20(19)29-4-2)30(24,25)21-13-15-23(16-14-21)31(26,27)22-11-7-5-6-8-12-22/h9-10,17H,3-8,11-16H2,1-2H3. The van der Waals surface area contributed by atoms with E-state index in [4.69, 9.17) is 9.47 Å². The van der Waals surface area contributed by atoms with E-state index in [9.17, 15) is 16.8 Å². The quantitative estimate of drug-likeness (QED) is 0.570. The van der Waals surface area contributed by atoms with Gasteiger partial charge in [0.15, 0.2) is 11.5 Å². The third-order valence-electron chi connectivity index (χ3n) is 5.57. The van der Waals surface area contributed by atoms with Crippen molar-refractivity contribution in [2.45, 2.75) is 44.4 Å². The fourth-order valence-electron chi connectivity index (χ4n) is 3.92. The lowest BCUT2D eigenvalue weighted by Gasteiger charge is -2.36. The van der Waals surface area contributed by atoms with Crippen LogP contribution in [0.25, 0.3) is 0 Å². The van der Waals surface area contributed by atoms with Crippen molar-refractivity contribution in [2.75, 3.05) is 52.5 Å². The van der Waals surface area contributed by atoms with Gasteiger partial charge in [-0.15, -0.1) is 0 Å². The van der Waals surface area contributed by atoms with Gasteiger partial charge in [-0.3, -0.25) is 0 Å². The van der Waals surface area contributed by atoms with Crippen molar-refractivity contribution in [3.63, 3.8) is 0 Å². The van der Waals surface area contributed by atoms with Gasteiger partial charge < -0.3 is 9.47 Å². The third-order valence-corrected chi connectivity index (χ3v) is 9.50. The fraction of sp³-hybridized carbons (Fsp3) is 0.700. The zero-order chi connectivity index (χ0) is 22.5. The molecule has 0 unspecified atom stereocenters. The smallest absolute Gasteiger partial charge is 0.282 e. The molecule has 176 valence electrons. The molecule has 1 aromatic rings. The van der Waals surface area contributed by atoms with Crippen LogP contribution in [-0.2, 0) is 20.2 Å². The molecule has 0 spiro atoms. The molecule has 0 atom stereocenters. The summed E-state index contributed by atoms with van der Waals surface area (Å²) in [5.74, 6) is 0.879. The number of sulfonamides is 1. The summed E-state index contributed by atoms with van der Waals surface area (Å²) in [5, 5.41) is 0. The van der Waals surface area contributed by atoms with Crippen LogP contribution >= 0.6 is 0 Å². The summed E-state index contributed by atoms with van der Waals surface area (Å²) in [6, 6.07) is 4.58. The van der Waals surface area contributed by atoms with Crippen LogP contribution < -0.4 is 9.47 Å². The Hall–Kier alpha value is -1.40. The first-order valence-electron chi connectivity index (χ1n) is 11.0. The van der Waals surface area contributed by atoms with Crippen molar-refractivity contribution in [1.29, 1.82) is 0 Å². The molecule has 2 saturated heterocycles. The highest BCUT2D eigenvalue weighted by Gasteiger charge is 2.36. The van der Waals surface area contributed by atoms with E-state index < -0.39 is 20.2 Å². The van der Waals surface area contributed by atoms with E-state index in [1.807, 2.05) is 13.8 Å². The fourth-order valence-corrected chi connectivity index (χ4v) is 7.03. The van der Waals surface area contributed by atoms with Gasteiger partial charge in [0, 0.05) is 45.3 Å². The van der Waals surface area contributed by atoms with Crippen molar-refractivity contribution < 1.29 is 26.3 Å². The van der Waals surface area contributed by atoms with E-state index in [2.05, 4.69) is 0 Å². The zero-order valence-electron chi connectivity index (χ0n) is 18.3.